The number of nitrogens with zero attached hydrogens (tertiary/aromatic N) is 2. The van der Waals surface area contributed by atoms with Crippen LogP contribution in [0.15, 0.2) is 18.7 Å². The van der Waals surface area contributed by atoms with Gasteiger partial charge in [0.05, 0.1) is 13.6 Å². The monoisotopic (exact) mass is 444 g/mol. The Labute approximate surface area is 156 Å². The van der Waals surface area contributed by atoms with Gasteiger partial charge in [-0.05, 0) is 6.92 Å². The van der Waals surface area contributed by atoms with Crippen LogP contribution in [0.3, 0.4) is 0 Å². The van der Waals surface area contributed by atoms with Crippen LogP contribution in [0.1, 0.15) is 40.0 Å². The zero-order valence-electron chi connectivity index (χ0n) is 15.7. The van der Waals surface area contributed by atoms with Crippen molar-refractivity contribution in [2.24, 2.45) is 7.05 Å². The van der Waals surface area contributed by atoms with E-state index in [2.05, 4.69) is 37.9 Å². The van der Waals surface area contributed by atoms with E-state index >= 15 is 0 Å². The second-order valence-corrected chi connectivity index (χ2v) is 4.75. The summed E-state index contributed by atoms with van der Waals surface area (Å²) in [6.45, 7) is 7.60. The predicted molar refractivity (Wildman–Crippen MR) is 87.0 cm³/mol. The fraction of sp³-hybridized carbons (Fsp3) is 0.727. The van der Waals surface area contributed by atoms with Crippen molar-refractivity contribution in [1.82, 2.24) is 4.57 Å². The minimum atomic E-state index is -6.00. The van der Waals surface area contributed by atoms with Crippen molar-refractivity contribution in [3.8, 4) is 0 Å². The van der Waals surface area contributed by atoms with Crippen LogP contribution >= 0.6 is 0 Å². The molecule has 0 unspecified atom stereocenters. The molecule has 0 atom stereocenters. The van der Waals surface area contributed by atoms with Crippen LogP contribution in [0.2, 0.25) is 0 Å². The Balaban J connectivity index is -0.000000131. The number of aromatic nitrogens is 2. The third-order valence-corrected chi connectivity index (χ3v) is 1.90. The van der Waals surface area contributed by atoms with Gasteiger partial charge in [0, 0.05) is 0 Å². The molecule has 0 aromatic carbocycles. The van der Waals surface area contributed by atoms with Gasteiger partial charge in [0.25, 0.3) is 0 Å². The van der Waals surface area contributed by atoms with E-state index in [0.717, 1.165) is 6.54 Å². The average Bonchev–Trinajstić information content (AvgIpc) is 2.80. The highest BCUT2D eigenvalue weighted by Gasteiger charge is 2.21. The number of imidazole rings is 1. The van der Waals surface area contributed by atoms with Crippen molar-refractivity contribution in [3.63, 3.8) is 0 Å². The molecule has 0 saturated heterocycles. The summed E-state index contributed by atoms with van der Waals surface area (Å²) in [6.07, 6.45) is 10.2. The molecular weight excluding hydrogens is 421 g/mol. The predicted octanol–water partition coefficient (Wildman–Crippen LogP) is 6.43. The number of aryl methyl sites for hydroxylation is 2. The van der Waals surface area contributed by atoms with Crippen LogP contribution in [-0.4, -0.2) is 26.3 Å². The number of hydrogen-bond acceptors (Lipinski definition) is 0. The van der Waals surface area contributed by atoms with E-state index in [-0.39, 0.29) is 0 Å². The van der Waals surface area contributed by atoms with Gasteiger partial charge in [0.15, 0.2) is 0 Å². The summed E-state index contributed by atoms with van der Waals surface area (Å²) in [5.74, 6) is 0. The zero-order chi connectivity index (χ0) is 23.6. The molecule has 2 nitrogen and oxygen atoms in total. The van der Waals surface area contributed by atoms with E-state index in [1.165, 1.54) is 19.3 Å². The van der Waals surface area contributed by atoms with Gasteiger partial charge < -0.3 is 51.8 Å². The van der Waals surface area contributed by atoms with Gasteiger partial charge in [-0.25, -0.2) is 9.13 Å². The smallest absolute Gasteiger partial charge is 0.418 e. The molecule has 1 aromatic rings. The lowest BCUT2D eigenvalue weighted by Gasteiger charge is -1.94. The number of unbranched alkanes of at least 4 members (excludes halogenated alkanes) is 2. The molecule has 0 aliphatic heterocycles. The van der Waals surface area contributed by atoms with Crippen molar-refractivity contribution in [2.45, 2.75) is 46.6 Å². The first-order valence-corrected chi connectivity index (χ1v) is 7.87. The Hall–Kier alpha value is -1.44. The Morgan fingerprint density at radius 3 is 1.04 bits per heavy atom. The lowest BCUT2D eigenvalue weighted by atomic mass is 10.3. The van der Waals surface area contributed by atoms with Gasteiger partial charge >= 0.3 is 21.8 Å². The van der Waals surface area contributed by atoms with Crippen LogP contribution in [0.5, 0.6) is 0 Å². The molecule has 1 aromatic heterocycles. The fourth-order valence-electron chi connectivity index (χ4n) is 1.04. The second kappa shape index (κ2) is 17.6. The summed E-state index contributed by atoms with van der Waals surface area (Å²) in [7, 11) is -16.0. The molecule has 172 valence electrons. The molecule has 1 heterocycles. The molecule has 0 aliphatic carbocycles. The van der Waals surface area contributed by atoms with E-state index in [0.29, 0.717) is 0 Å². The summed E-state index contributed by atoms with van der Waals surface area (Å²) in [5, 5.41) is 0. The quantitative estimate of drug-likeness (QED) is 0.289. The van der Waals surface area contributed by atoms with Crippen LogP contribution in [0, 0.1) is 0 Å². The van der Waals surface area contributed by atoms with Crippen LogP contribution in [-0.2, 0) is 13.6 Å². The molecule has 0 N–H and O–H groups in total. The molecule has 0 radical (unpaired) electrons. The third kappa shape index (κ3) is 102. The lowest BCUT2D eigenvalue weighted by molar-refractivity contribution is -0.671. The highest BCUT2D eigenvalue weighted by molar-refractivity contribution is 6.50. The molecule has 0 aliphatic rings. The summed E-state index contributed by atoms with van der Waals surface area (Å²) in [6, 6.07) is 0. The molecule has 1 rings (SSSR count). The summed E-state index contributed by atoms with van der Waals surface area (Å²) < 4.78 is 121. The maximum Gasteiger partial charge on any atom is 0.673 e. The molecule has 0 spiro atoms. The molecule has 0 bridgehead atoms. The van der Waals surface area contributed by atoms with Crippen LogP contribution < -0.4 is 4.57 Å². The maximum absolute atomic E-state index is 9.75. The SMILES string of the molecule is CCCCC.CCn1cc[n+](C)c1.F[B-](F)(F)F.F[B-](F)(F)F.F[B-](F)(F)F. The van der Waals surface area contributed by atoms with Crippen LogP contribution in [0.25, 0.3) is 0 Å². The van der Waals surface area contributed by atoms with Gasteiger partial charge in [0.1, 0.15) is 12.4 Å². The first kappa shape index (κ1) is 34.1. The first-order valence-electron chi connectivity index (χ1n) is 7.87. The van der Waals surface area contributed by atoms with Gasteiger partial charge in [-0.2, -0.15) is 0 Å². The molecule has 28 heavy (non-hydrogen) atoms. The van der Waals surface area contributed by atoms with Crippen molar-refractivity contribution in [1.29, 1.82) is 0 Å². The topological polar surface area (TPSA) is 8.81 Å². The van der Waals surface area contributed by atoms with E-state index in [1.54, 1.807) is 0 Å². The minimum absolute atomic E-state index is 1.06. The number of hydrogen-bond donors (Lipinski definition) is 0. The highest BCUT2D eigenvalue weighted by atomic mass is 19.5. The Bertz CT molecular complexity index is 397. The summed E-state index contributed by atoms with van der Waals surface area (Å²) in [5.41, 5.74) is 0. The Morgan fingerprint density at radius 2 is 0.964 bits per heavy atom. The largest absolute Gasteiger partial charge is 0.673 e. The molecule has 0 fully saturated rings. The second-order valence-electron chi connectivity index (χ2n) is 4.75. The van der Waals surface area contributed by atoms with Gasteiger partial charge in [-0.3, -0.25) is 0 Å². The Morgan fingerprint density at radius 1 is 0.679 bits per heavy atom. The first-order chi connectivity index (χ1) is 12.2. The van der Waals surface area contributed by atoms with Crippen molar-refractivity contribution >= 4 is 21.8 Å². The highest BCUT2D eigenvalue weighted by Crippen LogP contribution is 2.07. The molecule has 0 amide bonds. The Kier molecular flexibility index (Phi) is 21.5. The summed E-state index contributed by atoms with van der Waals surface area (Å²) >= 11 is 0. The number of halogens is 12. The van der Waals surface area contributed by atoms with Crippen molar-refractivity contribution < 1.29 is 56.4 Å². The minimum Gasteiger partial charge on any atom is -0.418 e. The van der Waals surface area contributed by atoms with Gasteiger partial charge in [0.2, 0.25) is 6.33 Å². The van der Waals surface area contributed by atoms with Gasteiger partial charge in [-0.1, -0.05) is 33.1 Å². The third-order valence-electron chi connectivity index (χ3n) is 1.90. The molecule has 0 saturated carbocycles. The zero-order valence-corrected chi connectivity index (χ0v) is 15.7. The molecule has 17 heteroatoms. The van der Waals surface area contributed by atoms with Crippen LogP contribution in [0.4, 0.5) is 51.8 Å². The van der Waals surface area contributed by atoms with E-state index in [4.69, 9.17) is 0 Å². The fourth-order valence-corrected chi connectivity index (χ4v) is 1.04. The van der Waals surface area contributed by atoms with Crippen molar-refractivity contribution in [3.05, 3.63) is 18.7 Å². The summed E-state index contributed by atoms with van der Waals surface area (Å²) in [4.78, 5) is 0. The van der Waals surface area contributed by atoms with E-state index in [1.807, 2.05) is 17.8 Å². The van der Waals surface area contributed by atoms with Gasteiger partial charge in [-0.15, -0.1) is 0 Å². The van der Waals surface area contributed by atoms with Crippen molar-refractivity contribution in [2.75, 3.05) is 0 Å². The lowest BCUT2D eigenvalue weighted by Crippen LogP contribution is -2.23. The normalized spacial score (nSPS) is 10.7. The maximum atomic E-state index is 9.75. The van der Waals surface area contributed by atoms with E-state index in [9.17, 15) is 51.8 Å². The average molecular weight is 444 g/mol. The molecular formula is C11H23B3F12N2-2. The van der Waals surface area contributed by atoms with E-state index < -0.39 is 21.8 Å². The standard InChI is InChI=1S/C6H11N2.C5H12.3BF4/c1-3-8-5-4-7(2)6-8;1-3-5-4-2;3*2-1(3,4)5/h4-6H,3H2,1-2H3;3-5H2,1-2H3;;;/q+1;;3*-1. The number of rotatable bonds is 3.